The molecule has 3 nitrogen and oxygen atoms in total. The van der Waals surface area contributed by atoms with E-state index in [1.807, 2.05) is 19.3 Å². The Morgan fingerprint density at radius 2 is 2.55 bits per heavy atom. The van der Waals surface area contributed by atoms with Crippen molar-refractivity contribution >= 4 is 6.34 Å². The summed E-state index contributed by atoms with van der Waals surface area (Å²) in [4.78, 5) is 6.24. The molecular formula is C8H15N3. The molecule has 1 rings (SSSR count). The molecule has 0 aromatic rings. The predicted molar refractivity (Wildman–Crippen MR) is 47.7 cm³/mol. The Labute approximate surface area is 67.6 Å². The first kappa shape index (κ1) is 8.27. The summed E-state index contributed by atoms with van der Waals surface area (Å²) in [6, 6.07) is 0.360. The van der Waals surface area contributed by atoms with E-state index in [0.717, 1.165) is 13.1 Å². The zero-order chi connectivity index (χ0) is 8.27. The maximum Gasteiger partial charge on any atom is 0.0856 e. The number of hydrogen-bond acceptors (Lipinski definition) is 3. The molecule has 0 radical (unpaired) electrons. The Balaban J connectivity index is 2.54. The summed E-state index contributed by atoms with van der Waals surface area (Å²) in [7, 11) is 0. The third-order valence-corrected chi connectivity index (χ3v) is 1.88. The summed E-state index contributed by atoms with van der Waals surface area (Å²) in [5.74, 6) is 0. The maximum atomic E-state index is 5.75. The topological polar surface area (TPSA) is 41.6 Å². The molecule has 2 N–H and O–H groups in total. The highest BCUT2D eigenvalue weighted by Gasteiger charge is 2.18. The van der Waals surface area contributed by atoms with Crippen molar-refractivity contribution in [2.24, 2.45) is 10.7 Å². The van der Waals surface area contributed by atoms with Crippen LogP contribution in [0, 0.1) is 0 Å². The summed E-state index contributed by atoms with van der Waals surface area (Å²) >= 11 is 0. The van der Waals surface area contributed by atoms with Gasteiger partial charge in [-0.25, -0.2) is 0 Å². The fourth-order valence-electron chi connectivity index (χ4n) is 1.27. The van der Waals surface area contributed by atoms with Gasteiger partial charge in [-0.1, -0.05) is 6.08 Å². The van der Waals surface area contributed by atoms with E-state index in [4.69, 9.17) is 5.73 Å². The van der Waals surface area contributed by atoms with Gasteiger partial charge < -0.3 is 10.6 Å². The summed E-state index contributed by atoms with van der Waals surface area (Å²) in [5, 5.41) is 0. The van der Waals surface area contributed by atoms with E-state index < -0.39 is 0 Å². The van der Waals surface area contributed by atoms with Crippen LogP contribution in [0.25, 0.3) is 0 Å². The molecule has 0 bridgehead atoms. The molecule has 0 saturated heterocycles. The number of aliphatic imine (C=N–C) groups is 1. The lowest BCUT2D eigenvalue weighted by Gasteiger charge is -2.26. The molecule has 0 aromatic carbocycles. The SMILES string of the molecule is C=CC(C(C)N)N1C=NCC1. The summed E-state index contributed by atoms with van der Waals surface area (Å²) in [5.41, 5.74) is 5.75. The van der Waals surface area contributed by atoms with E-state index in [1.165, 1.54) is 0 Å². The Morgan fingerprint density at radius 1 is 1.82 bits per heavy atom. The van der Waals surface area contributed by atoms with E-state index >= 15 is 0 Å². The summed E-state index contributed by atoms with van der Waals surface area (Å²) in [6.07, 6.45) is 3.73. The second kappa shape index (κ2) is 3.53. The van der Waals surface area contributed by atoms with E-state index in [-0.39, 0.29) is 12.1 Å². The highest BCUT2D eigenvalue weighted by atomic mass is 15.2. The van der Waals surface area contributed by atoms with Crippen LogP contribution in [0.5, 0.6) is 0 Å². The molecule has 1 aliphatic heterocycles. The van der Waals surface area contributed by atoms with Gasteiger partial charge in [-0.2, -0.15) is 0 Å². The van der Waals surface area contributed by atoms with Crippen molar-refractivity contribution in [1.82, 2.24) is 4.90 Å². The van der Waals surface area contributed by atoms with Crippen LogP contribution in [-0.2, 0) is 0 Å². The fourth-order valence-corrected chi connectivity index (χ4v) is 1.27. The Morgan fingerprint density at radius 3 is 2.91 bits per heavy atom. The normalized spacial score (nSPS) is 21.8. The molecule has 62 valence electrons. The van der Waals surface area contributed by atoms with Gasteiger partial charge in [0.1, 0.15) is 0 Å². The van der Waals surface area contributed by atoms with E-state index in [9.17, 15) is 0 Å². The van der Waals surface area contributed by atoms with Crippen molar-refractivity contribution in [3.63, 3.8) is 0 Å². The van der Waals surface area contributed by atoms with E-state index in [2.05, 4.69) is 16.5 Å². The minimum absolute atomic E-state index is 0.122. The van der Waals surface area contributed by atoms with Gasteiger partial charge in [0, 0.05) is 12.6 Å². The first-order chi connectivity index (χ1) is 5.25. The third-order valence-electron chi connectivity index (χ3n) is 1.88. The second-order valence-corrected chi connectivity index (χ2v) is 2.84. The molecule has 0 saturated carbocycles. The van der Waals surface area contributed by atoms with Crippen LogP contribution in [0.4, 0.5) is 0 Å². The molecule has 1 aliphatic rings. The Kier molecular flexibility index (Phi) is 2.65. The van der Waals surface area contributed by atoms with Gasteiger partial charge in [-0.15, -0.1) is 6.58 Å². The molecular weight excluding hydrogens is 138 g/mol. The van der Waals surface area contributed by atoms with Crippen LogP contribution in [-0.4, -0.2) is 36.4 Å². The van der Waals surface area contributed by atoms with Gasteiger partial charge in [0.2, 0.25) is 0 Å². The molecule has 0 aliphatic carbocycles. The zero-order valence-electron chi connectivity index (χ0n) is 6.90. The smallest absolute Gasteiger partial charge is 0.0856 e. The van der Waals surface area contributed by atoms with Crippen LogP contribution in [0.1, 0.15) is 6.92 Å². The molecule has 0 aromatic heterocycles. The van der Waals surface area contributed by atoms with Gasteiger partial charge in [0.05, 0.1) is 18.9 Å². The lowest BCUT2D eigenvalue weighted by molar-refractivity contribution is 0.358. The van der Waals surface area contributed by atoms with Crippen molar-refractivity contribution in [2.75, 3.05) is 13.1 Å². The standard InChI is InChI=1S/C8H15N3/c1-3-8(7(2)9)11-5-4-10-6-11/h3,6-8H,1,4-5,9H2,2H3. The minimum atomic E-state index is 0.122. The number of rotatable bonds is 3. The molecule has 2 unspecified atom stereocenters. The van der Waals surface area contributed by atoms with Gasteiger partial charge in [-0.3, -0.25) is 4.99 Å². The second-order valence-electron chi connectivity index (χ2n) is 2.84. The van der Waals surface area contributed by atoms with Crippen molar-refractivity contribution in [1.29, 1.82) is 0 Å². The molecule has 0 fully saturated rings. The van der Waals surface area contributed by atoms with Crippen LogP contribution in [0.3, 0.4) is 0 Å². The summed E-state index contributed by atoms with van der Waals surface area (Å²) < 4.78 is 0. The van der Waals surface area contributed by atoms with Crippen molar-refractivity contribution in [3.05, 3.63) is 12.7 Å². The average molecular weight is 153 g/mol. The van der Waals surface area contributed by atoms with Crippen molar-refractivity contribution in [3.8, 4) is 0 Å². The minimum Gasteiger partial charge on any atom is -0.353 e. The summed E-state index contributed by atoms with van der Waals surface area (Å²) in [6.45, 7) is 7.58. The monoisotopic (exact) mass is 153 g/mol. The fraction of sp³-hybridized carbons (Fsp3) is 0.625. The van der Waals surface area contributed by atoms with Crippen molar-refractivity contribution < 1.29 is 0 Å². The highest BCUT2D eigenvalue weighted by molar-refractivity contribution is 5.58. The van der Waals surface area contributed by atoms with E-state index in [1.54, 1.807) is 0 Å². The first-order valence-corrected chi connectivity index (χ1v) is 3.89. The lowest BCUT2D eigenvalue weighted by atomic mass is 10.1. The Hall–Kier alpha value is -0.830. The zero-order valence-corrected chi connectivity index (χ0v) is 6.90. The van der Waals surface area contributed by atoms with E-state index in [0.29, 0.717) is 0 Å². The van der Waals surface area contributed by atoms with Crippen LogP contribution in [0.15, 0.2) is 17.6 Å². The third kappa shape index (κ3) is 1.80. The first-order valence-electron chi connectivity index (χ1n) is 3.89. The molecule has 0 amide bonds. The van der Waals surface area contributed by atoms with Gasteiger partial charge in [0.15, 0.2) is 0 Å². The van der Waals surface area contributed by atoms with Crippen molar-refractivity contribution in [2.45, 2.75) is 19.0 Å². The highest BCUT2D eigenvalue weighted by Crippen LogP contribution is 2.05. The number of nitrogens with zero attached hydrogens (tertiary/aromatic N) is 2. The molecule has 2 atom stereocenters. The van der Waals surface area contributed by atoms with Crippen LogP contribution >= 0.6 is 0 Å². The number of nitrogens with two attached hydrogens (primary N) is 1. The lowest BCUT2D eigenvalue weighted by Crippen LogP contribution is -2.43. The maximum absolute atomic E-state index is 5.75. The molecule has 0 spiro atoms. The Bertz CT molecular complexity index is 163. The number of hydrogen-bond donors (Lipinski definition) is 1. The van der Waals surface area contributed by atoms with Gasteiger partial charge in [-0.05, 0) is 6.92 Å². The molecule has 1 heterocycles. The van der Waals surface area contributed by atoms with Crippen LogP contribution in [0.2, 0.25) is 0 Å². The predicted octanol–water partition coefficient (Wildman–Crippen LogP) is 0.232. The van der Waals surface area contributed by atoms with Crippen LogP contribution < -0.4 is 5.73 Å². The average Bonchev–Trinajstić information content (AvgIpc) is 2.40. The van der Waals surface area contributed by atoms with Gasteiger partial charge >= 0.3 is 0 Å². The molecule has 3 heteroatoms. The van der Waals surface area contributed by atoms with Gasteiger partial charge in [0.25, 0.3) is 0 Å². The molecule has 11 heavy (non-hydrogen) atoms. The largest absolute Gasteiger partial charge is 0.353 e. The quantitative estimate of drug-likeness (QED) is 0.590.